The predicted molar refractivity (Wildman–Crippen MR) is 121 cm³/mol. The molecule has 9 nitrogen and oxygen atoms in total. The lowest BCUT2D eigenvalue weighted by Crippen LogP contribution is -2.28. The molecule has 0 saturated heterocycles. The number of amides is 1. The second kappa shape index (κ2) is 8.12. The van der Waals surface area contributed by atoms with E-state index in [1.807, 2.05) is 30.3 Å². The van der Waals surface area contributed by atoms with Crippen molar-refractivity contribution in [3.63, 3.8) is 0 Å². The summed E-state index contributed by atoms with van der Waals surface area (Å²) in [7, 11) is 0. The van der Waals surface area contributed by atoms with Crippen LogP contribution in [-0.2, 0) is 9.63 Å². The highest BCUT2D eigenvalue weighted by molar-refractivity contribution is 6.09. The first-order valence-electron chi connectivity index (χ1n) is 10.1. The fourth-order valence-electron chi connectivity index (χ4n) is 3.69. The van der Waals surface area contributed by atoms with Gasteiger partial charge in [-0.05, 0) is 18.2 Å². The molecule has 0 bridgehead atoms. The molecule has 0 aliphatic carbocycles. The van der Waals surface area contributed by atoms with Crippen molar-refractivity contribution in [1.29, 1.82) is 0 Å². The Labute approximate surface area is 187 Å². The highest BCUT2D eigenvalue weighted by Crippen LogP contribution is 2.36. The number of fused-ring (bicyclic) bond motifs is 1. The number of benzene rings is 3. The van der Waals surface area contributed by atoms with Crippen molar-refractivity contribution < 1.29 is 24.1 Å². The van der Waals surface area contributed by atoms with E-state index in [0.717, 1.165) is 5.56 Å². The van der Waals surface area contributed by atoms with Crippen molar-refractivity contribution in [2.24, 2.45) is 5.16 Å². The fourth-order valence-corrected chi connectivity index (χ4v) is 3.69. The number of nitro groups is 1. The number of anilines is 1. The molecule has 4 aromatic rings. The Kier molecular flexibility index (Phi) is 4.98. The summed E-state index contributed by atoms with van der Waals surface area (Å²) in [5.74, 6) is 0.0328. The number of carbonyl (C=O) groups is 1. The van der Waals surface area contributed by atoms with E-state index < -0.39 is 16.9 Å². The molecule has 0 radical (unpaired) electrons. The summed E-state index contributed by atoms with van der Waals surface area (Å²) in [6.07, 6.45) is -0.809. The lowest BCUT2D eigenvalue weighted by atomic mass is 10.0. The van der Waals surface area contributed by atoms with Crippen LogP contribution in [0, 0.1) is 10.1 Å². The van der Waals surface area contributed by atoms with Crippen molar-refractivity contribution in [1.82, 2.24) is 0 Å². The highest BCUT2D eigenvalue weighted by atomic mass is 16.6. The summed E-state index contributed by atoms with van der Waals surface area (Å²) in [4.78, 5) is 29.1. The minimum atomic E-state index is -0.950. The topological polar surface area (TPSA) is 127 Å². The second-order valence-electron chi connectivity index (χ2n) is 7.48. The van der Waals surface area contributed by atoms with Gasteiger partial charge in [0.05, 0.1) is 22.4 Å². The van der Waals surface area contributed by atoms with E-state index in [0.29, 0.717) is 22.4 Å². The number of para-hydroxylation sites is 1. The molecule has 2 heterocycles. The number of aromatic hydroxyl groups is 1. The predicted octanol–water partition coefficient (Wildman–Crippen LogP) is 4.85. The Bertz CT molecular complexity index is 1410. The molecule has 0 fully saturated rings. The summed E-state index contributed by atoms with van der Waals surface area (Å²) >= 11 is 0. The van der Waals surface area contributed by atoms with Gasteiger partial charge in [-0.15, -0.1) is 0 Å². The molecule has 5 rings (SSSR count). The molecule has 1 aromatic heterocycles. The first-order chi connectivity index (χ1) is 16.0. The lowest BCUT2D eigenvalue weighted by molar-refractivity contribution is -0.384. The van der Waals surface area contributed by atoms with Crippen LogP contribution in [-0.4, -0.2) is 27.8 Å². The largest absolute Gasteiger partial charge is 0.507 e. The first-order valence-corrected chi connectivity index (χ1v) is 10.1. The maximum atomic E-state index is 12.9. The Balaban J connectivity index is 1.43. The standard InChI is InChI=1S/C24H17N3O6/c28-20-9-5-4-8-16(20)19-13-23(33-26-19)24(29)25-18-10-15(27(30)31)11-22-17(18)12-21(32-22)14-6-2-1-3-7-14/h1-12,23,28H,13H2,(H,25,29). The van der Waals surface area contributed by atoms with E-state index in [-0.39, 0.29) is 29.1 Å². The maximum absolute atomic E-state index is 12.9. The third kappa shape index (κ3) is 3.87. The Morgan fingerprint density at radius 3 is 2.61 bits per heavy atom. The van der Waals surface area contributed by atoms with Crippen molar-refractivity contribution in [3.8, 4) is 17.1 Å². The summed E-state index contributed by atoms with van der Waals surface area (Å²) in [6.45, 7) is 0. The van der Waals surface area contributed by atoms with Gasteiger partial charge in [-0.1, -0.05) is 47.6 Å². The van der Waals surface area contributed by atoms with Crippen LogP contribution in [0.2, 0.25) is 0 Å². The van der Waals surface area contributed by atoms with Crippen molar-refractivity contribution in [2.45, 2.75) is 12.5 Å². The molecule has 1 aliphatic rings. The number of non-ortho nitro benzene ring substituents is 1. The van der Waals surface area contributed by atoms with Crippen LogP contribution in [0.1, 0.15) is 12.0 Å². The number of rotatable bonds is 5. The van der Waals surface area contributed by atoms with E-state index in [1.165, 1.54) is 18.2 Å². The molecule has 1 atom stereocenters. The zero-order valence-electron chi connectivity index (χ0n) is 17.1. The third-order valence-corrected chi connectivity index (χ3v) is 5.33. The van der Waals surface area contributed by atoms with Crippen molar-refractivity contribution in [3.05, 3.63) is 88.5 Å². The number of furan rings is 1. The van der Waals surface area contributed by atoms with E-state index in [1.54, 1.807) is 24.3 Å². The molecule has 9 heteroatoms. The molecule has 1 aliphatic heterocycles. The van der Waals surface area contributed by atoms with Gasteiger partial charge in [0.25, 0.3) is 11.6 Å². The van der Waals surface area contributed by atoms with Gasteiger partial charge in [-0.2, -0.15) is 0 Å². The summed E-state index contributed by atoms with van der Waals surface area (Å²) in [6, 6.07) is 20.2. The smallest absolute Gasteiger partial charge is 0.275 e. The average molecular weight is 443 g/mol. The van der Waals surface area contributed by atoms with E-state index in [4.69, 9.17) is 9.25 Å². The highest BCUT2D eigenvalue weighted by Gasteiger charge is 2.31. The number of nitrogens with zero attached hydrogens (tertiary/aromatic N) is 2. The third-order valence-electron chi connectivity index (χ3n) is 5.33. The normalized spacial score (nSPS) is 15.2. The van der Waals surface area contributed by atoms with E-state index in [9.17, 15) is 20.0 Å². The quantitative estimate of drug-likeness (QED) is 0.335. The number of hydrogen-bond donors (Lipinski definition) is 2. The number of hydrogen-bond acceptors (Lipinski definition) is 7. The van der Waals surface area contributed by atoms with Gasteiger partial charge in [-0.25, -0.2) is 0 Å². The van der Waals surface area contributed by atoms with Gasteiger partial charge < -0.3 is 19.7 Å². The molecule has 1 amide bonds. The summed E-state index contributed by atoms with van der Waals surface area (Å²) < 4.78 is 5.84. The van der Waals surface area contributed by atoms with Crippen molar-refractivity contribution in [2.75, 3.05) is 5.32 Å². The second-order valence-corrected chi connectivity index (χ2v) is 7.48. The average Bonchev–Trinajstić information content (AvgIpc) is 3.48. The van der Waals surface area contributed by atoms with Crippen LogP contribution in [0.15, 0.2) is 82.4 Å². The molecule has 1 unspecified atom stereocenters. The molecular formula is C24H17N3O6. The van der Waals surface area contributed by atoms with Crippen LogP contribution >= 0.6 is 0 Å². The fraction of sp³-hybridized carbons (Fsp3) is 0.0833. The molecule has 0 saturated carbocycles. The van der Waals surface area contributed by atoms with Gasteiger partial charge in [0.2, 0.25) is 6.10 Å². The minimum Gasteiger partial charge on any atom is -0.507 e. The van der Waals surface area contributed by atoms with E-state index >= 15 is 0 Å². The van der Waals surface area contributed by atoms with Crippen LogP contribution in [0.3, 0.4) is 0 Å². The number of nitro benzene ring substituents is 1. The van der Waals surface area contributed by atoms with Gasteiger partial charge in [0.15, 0.2) is 0 Å². The SMILES string of the molecule is O=C(Nc1cc([N+](=O)[O-])cc2oc(-c3ccccc3)cc12)C1CC(c2ccccc2O)=NO1. The molecule has 33 heavy (non-hydrogen) atoms. The van der Waals surface area contributed by atoms with Gasteiger partial charge >= 0.3 is 0 Å². The van der Waals surface area contributed by atoms with Crippen LogP contribution < -0.4 is 5.32 Å². The zero-order valence-corrected chi connectivity index (χ0v) is 17.1. The monoisotopic (exact) mass is 443 g/mol. The number of oxime groups is 1. The first kappa shape index (κ1) is 20.3. The van der Waals surface area contributed by atoms with Gasteiger partial charge in [-0.3, -0.25) is 14.9 Å². The van der Waals surface area contributed by atoms with Crippen LogP contribution in [0.4, 0.5) is 11.4 Å². The number of phenols is 1. The Morgan fingerprint density at radius 1 is 1.09 bits per heavy atom. The summed E-state index contributed by atoms with van der Waals surface area (Å²) in [5.41, 5.74) is 2.00. The molecule has 0 spiro atoms. The van der Waals surface area contributed by atoms with Gasteiger partial charge in [0, 0.05) is 29.0 Å². The van der Waals surface area contributed by atoms with E-state index in [2.05, 4.69) is 10.5 Å². The Hall–Kier alpha value is -4.66. The molecular weight excluding hydrogens is 426 g/mol. The zero-order chi connectivity index (χ0) is 22.9. The number of carbonyl (C=O) groups excluding carboxylic acids is 1. The van der Waals surface area contributed by atoms with Crippen LogP contribution in [0.5, 0.6) is 5.75 Å². The molecule has 3 aromatic carbocycles. The van der Waals surface area contributed by atoms with Crippen LogP contribution in [0.25, 0.3) is 22.3 Å². The Morgan fingerprint density at radius 2 is 1.85 bits per heavy atom. The maximum Gasteiger partial charge on any atom is 0.275 e. The number of phenolic OH excluding ortho intramolecular Hbond substituents is 1. The van der Waals surface area contributed by atoms with Crippen molar-refractivity contribution >= 4 is 34.0 Å². The summed E-state index contributed by atoms with van der Waals surface area (Å²) in [5, 5.41) is 28.6. The lowest BCUT2D eigenvalue weighted by Gasteiger charge is -2.10. The molecule has 2 N–H and O–H groups in total. The minimum absolute atomic E-state index is 0.0353. The molecule has 164 valence electrons. The number of nitrogens with one attached hydrogen (secondary N) is 1. The van der Waals surface area contributed by atoms with Gasteiger partial charge in [0.1, 0.15) is 17.1 Å².